The highest BCUT2D eigenvalue weighted by Crippen LogP contribution is 2.44. The molecule has 10 aromatic carbocycles. The molecule has 0 amide bonds. The van der Waals surface area contributed by atoms with Crippen LogP contribution in [0.4, 0.5) is 17.1 Å². The summed E-state index contributed by atoms with van der Waals surface area (Å²) >= 11 is 1.87. The van der Waals surface area contributed by atoms with E-state index in [2.05, 4.69) is 205 Å². The van der Waals surface area contributed by atoms with Gasteiger partial charge >= 0.3 is 0 Å². The summed E-state index contributed by atoms with van der Waals surface area (Å²) in [4.78, 5) is 2.40. The van der Waals surface area contributed by atoms with Gasteiger partial charge in [0.15, 0.2) is 0 Å². The molecule has 54 heavy (non-hydrogen) atoms. The molecular weight excluding hydrogens is 671 g/mol. The molecule has 0 saturated carbocycles. The van der Waals surface area contributed by atoms with Crippen molar-refractivity contribution in [3.8, 4) is 22.3 Å². The first-order valence-corrected chi connectivity index (χ1v) is 19.3. The van der Waals surface area contributed by atoms with Crippen LogP contribution in [0.15, 0.2) is 200 Å². The average Bonchev–Trinajstić information content (AvgIpc) is 3.63. The maximum absolute atomic E-state index is 2.40. The van der Waals surface area contributed by atoms with Gasteiger partial charge in [-0.2, -0.15) is 0 Å². The predicted molar refractivity (Wildman–Crippen MR) is 235 cm³/mol. The van der Waals surface area contributed by atoms with Gasteiger partial charge in [-0.05, 0) is 120 Å². The highest BCUT2D eigenvalue weighted by molar-refractivity contribution is 7.26. The van der Waals surface area contributed by atoms with Gasteiger partial charge in [0, 0.05) is 37.2 Å². The molecule has 0 spiro atoms. The van der Waals surface area contributed by atoms with Crippen molar-refractivity contribution in [3.05, 3.63) is 200 Å². The summed E-state index contributed by atoms with van der Waals surface area (Å²) in [5.41, 5.74) is 8.20. The van der Waals surface area contributed by atoms with Crippen molar-refractivity contribution < 1.29 is 0 Å². The van der Waals surface area contributed by atoms with E-state index in [0.29, 0.717) is 0 Å². The molecule has 0 N–H and O–H groups in total. The van der Waals surface area contributed by atoms with Crippen LogP contribution in [0.3, 0.4) is 0 Å². The molecule has 0 atom stereocenters. The molecule has 1 aromatic heterocycles. The van der Waals surface area contributed by atoms with Crippen LogP contribution in [0, 0.1) is 0 Å². The molecule has 2 heteroatoms. The van der Waals surface area contributed by atoms with Gasteiger partial charge in [0.05, 0.1) is 0 Å². The lowest BCUT2D eigenvalue weighted by atomic mass is 9.90. The fourth-order valence-corrected chi connectivity index (χ4v) is 9.61. The lowest BCUT2D eigenvalue weighted by Crippen LogP contribution is -2.10. The largest absolute Gasteiger partial charge is 0.310 e. The normalized spacial score (nSPS) is 11.7. The van der Waals surface area contributed by atoms with Crippen LogP contribution in [0.25, 0.3) is 85.5 Å². The molecule has 1 nitrogen and oxygen atoms in total. The summed E-state index contributed by atoms with van der Waals surface area (Å²) in [5.74, 6) is 0. The number of benzene rings is 10. The smallest absolute Gasteiger partial charge is 0.0468 e. The molecule has 0 aliphatic heterocycles. The minimum atomic E-state index is 1.11. The Labute approximate surface area is 317 Å². The molecular formula is C52H33NS. The third kappa shape index (κ3) is 4.99. The number of anilines is 3. The minimum Gasteiger partial charge on any atom is -0.310 e. The van der Waals surface area contributed by atoms with E-state index in [-0.39, 0.29) is 0 Å². The number of rotatable bonds is 5. The second-order valence-electron chi connectivity index (χ2n) is 14.1. The van der Waals surface area contributed by atoms with E-state index in [0.717, 1.165) is 17.1 Å². The summed E-state index contributed by atoms with van der Waals surface area (Å²) in [6, 6.07) is 73.5. The van der Waals surface area contributed by atoms with E-state index in [9.17, 15) is 0 Å². The van der Waals surface area contributed by atoms with Crippen LogP contribution in [0.5, 0.6) is 0 Å². The Morgan fingerprint density at radius 2 is 0.944 bits per heavy atom. The van der Waals surface area contributed by atoms with E-state index in [1.807, 2.05) is 11.3 Å². The van der Waals surface area contributed by atoms with Gasteiger partial charge in [-0.3, -0.25) is 0 Å². The first-order chi connectivity index (χ1) is 26.8. The molecule has 0 fully saturated rings. The van der Waals surface area contributed by atoms with Gasteiger partial charge in [-0.15, -0.1) is 11.3 Å². The van der Waals surface area contributed by atoms with E-state index < -0.39 is 0 Å². The lowest BCUT2D eigenvalue weighted by Gasteiger charge is -2.27. The summed E-state index contributed by atoms with van der Waals surface area (Å²) in [6.45, 7) is 0. The number of fused-ring (bicyclic) bond motifs is 10. The standard InChI is InChI=1S/C52H33NS/c1-2-11-34(12-3-1)37-14-10-15-41(31-37)53(42-28-29-44-38(32-42)25-30-50-52(44)47-19-8-9-20-49(47)54-50)40-26-23-36(24-27-40)48-33-39-22-21-35-13-4-5-16-43(35)51(39)46-18-7-6-17-45(46)48/h1-33H. The Hall–Kier alpha value is -6.74. The van der Waals surface area contributed by atoms with Crippen LogP contribution in [0.1, 0.15) is 0 Å². The molecule has 0 aliphatic carbocycles. The molecule has 0 radical (unpaired) electrons. The topological polar surface area (TPSA) is 3.24 Å². The van der Waals surface area contributed by atoms with Crippen molar-refractivity contribution in [2.75, 3.05) is 4.90 Å². The maximum atomic E-state index is 2.40. The van der Waals surface area contributed by atoms with E-state index in [1.165, 1.54) is 85.5 Å². The van der Waals surface area contributed by atoms with Crippen LogP contribution in [-0.2, 0) is 0 Å². The van der Waals surface area contributed by atoms with Crippen LogP contribution in [-0.4, -0.2) is 0 Å². The Morgan fingerprint density at radius 1 is 0.296 bits per heavy atom. The molecule has 0 unspecified atom stereocenters. The number of thiophene rings is 1. The lowest BCUT2D eigenvalue weighted by molar-refractivity contribution is 1.29. The summed E-state index contributed by atoms with van der Waals surface area (Å²) in [5, 5.41) is 12.9. The zero-order valence-electron chi connectivity index (χ0n) is 29.4. The summed E-state index contributed by atoms with van der Waals surface area (Å²) < 4.78 is 2.66. The predicted octanol–water partition coefficient (Wildman–Crippen LogP) is 15.5. The second kappa shape index (κ2) is 12.4. The Morgan fingerprint density at radius 3 is 1.81 bits per heavy atom. The SMILES string of the molecule is c1ccc(-c2cccc(N(c3ccc(-c4cc5ccc6ccccc6c5c5ccccc45)cc3)c3ccc4c(ccc5sc6ccccc6c54)c3)c2)cc1. The van der Waals surface area contributed by atoms with Crippen LogP contribution < -0.4 is 4.90 Å². The fourth-order valence-electron chi connectivity index (χ4n) is 8.49. The van der Waals surface area contributed by atoms with Gasteiger partial charge in [0.25, 0.3) is 0 Å². The zero-order chi connectivity index (χ0) is 35.6. The molecule has 1 heterocycles. The van der Waals surface area contributed by atoms with Crippen molar-refractivity contribution in [2.45, 2.75) is 0 Å². The molecule has 0 aliphatic rings. The van der Waals surface area contributed by atoms with Gasteiger partial charge in [0.1, 0.15) is 0 Å². The maximum Gasteiger partial charge on any atom is 0.0468 e. The number of nitrogens with zero attached hydrogens (tertiary/aromatic N) is 1. The van der Waals surface area contributed by atoms with Gasteiger partial charge < -0.3 is 4.90 Å². The monoisotopic (exact) mass is 703 g/mol. The van der Waals surface area contributed by atoms with Crippen molar-refractivity contribution in [3.63, 3.8) is 0 Å². The Bertz CT molecular complexity index is 3210. The van der Waals surface area contributed by atoms with E-state index >= 15 is 0 Å². The number of hydrogen-bond acceptors (Lipinski definition) is 2. The average molecular weight is 704 g/mol. The second-order valence-corrected chi connectivity index (χ2v) is 15.2. The van der Waals surface area contributed by atoms with Crippen LogP contribution in [0.2, 0.25) is 0 Å². The zero-order valence-corrected chi connectivity index (χ0v) is 30.2. The first-order valence-electron chi connectivity index (χ1n) is 18.5. The van der Waals surface area contributed by atoms with Crippen molar-refractivity contribution in [2.24, 2.45) is 0 Å². The van der Waals surface area contributed by atoms with Crippen molar-refractivity contribution in [1.82, 2.24) is 0 Å². The van der Waals surface area contributed by atoms with E-state index in [1.54, 1.807) is 0 Å². The van der Waals surface area contributed by atoms with Crippen LogP contribution >= 0.6 is 11.3 Å². The quantitative estimate of drug-likeness (QED) is 0.161. The Balaban J connectivity index is 1.08. The fraction of sp³-hybridized carbons (Fsp3) is 0. The highest BCUT2D eigenvalue weighted by atomic mass is 32.1. The molecule has 11 rings (SSSR count). The van der Waals surface area contributed by atoms with Gasteiger partial charge in [-0.1, -0.05) is 146 Å². The molecule has 252 valence electrons. The third-order valence-electron chi connectivity index (χ3n) is 11.0. The summed E-state index contributed by atoms with van der Waals surface area (Å²) in [6.07, 6.45) is 0. The minimum absolute atomic E-state index is 1.11. The third-order valence-corrected chi connectivity index (χ3v) is 12.1. The van der Waals surface area contributed by atoms with Gasteiger partial charge in [0.2, 0.25) is 0 Å². The number of hydrogen-bond donors (Lipinski definition) is 0. The van der Waals surface area contributed by atoms with Crippen molar-refractivity contribution >= 4 is 91.7 Å². The molecule has 11 aromatic rings. The van der Waals surface area contributed by atoms with Crippen molar-refractivity contribution in [1.29, 1.82) is 0 Å². The Kier molecular flexibility index (Phi) is 7.11. The van der Waals surface area contributed by atoms with E-state index in [4.69, 9.17) is 0 Å². The first kappa shape index (κ1) is 30.8. The molecule has 0 bridgehead atoms. The molecule has 0 saturated heterocycles. The highest BCUT2D eigenvalue weighted by Gasteiger charge is 2.17. The summed E-state index contributed by atoms with van der Waals surface area (Å²) in [7, 11) is 0. The van der Waals surface area contributed by atoms with Gasteiger partial charge in [-0.25, -0.2) is 0 Å².